The standard InChI is InChI=1S/C24H30N4O.CH2O2/c1-17-11-12-19-20(26(17)2)13-14-21-24(19)25-22(16-27-15-7-6-10-23(27)29)28(21)18-8-4-3-5-9-18;2-1-3/h6-7,10,13-15,17-18H,3-5,8-9,11-12,16H2,1-2H3;1H,(H,2,3). The van der Waals surface area contributed by atoms with Crippen LogP contribution in [0.2, 0.25) is 0 Å². The molecule has 2 aliphatic rings. The highest BCUT2D eigenvalue weighted by molar-refractivity contribution is 5.86. The van der Waals surface area contributed by atoms with Crippen LogP contribution in [-0.2, 0) is 17.8 Å². The fourth-order valence-corrected chi connectivity index (χ4v) is 5.22. The molecule has 1 unspecified atom stereocenters. The van der Waals surface area contributed by atoms with Gasteiger partial charge in [-0.25, -0.2) is 4.98 Å². The summed E-state index contributed by atoms with van der Waals surface area (Å²) in [5.41, 5.74) is 5.11. The van der Waals surface area contributed by atoms with Crippen molar-refractivity contribution in [1.29, 1.82) is 0 Å². The predicted molar refractivity (Wildman–Crippen MR) is 127 cm³/mol. The van der Waals surface area contributed by atoms with Crippen LogP contribution in [0.15, 0.2) is 41.3 Å². The molecule has 1 atom stereocenters. The smallest absolute Gasteiger partial charge is 0.290 e. The van der Waals surface area contributed by atoms with Crippen molar-refractivity contribution in [2.24, 2.45) is 0 Å². The normalized spacial score (nSPS) is 18.7. The summed E-state index contributed by atoms with van der Waals surface area (Å²) < 4.78 is 4.24. The van der Waals surface area contributed by atoms with Crippen LogP contribution in [0.1, 0.15) is 62.9 Å². The Bertz CT molecular complexity index is 1140. The molecule has 5 rings (SSSR count). The number of anilines is 1. The highest BCUT2D eigenvalue weighted by Gasteiger charge is 2.27. The van der Waals surface area contributed by atoms with E-state index < -0.39 is 0 Å². The van der Waals surface area contributed by atoms with E-state index in [4.69, 9.17) is 14.9 Å². The monoisotopic (exact) mass is 436 g/mol. The van der Waals surface area contributed by atoms with Gasteiger partial charge in [0.1, 0.15) is 5.82 Å². The predicted octanol–water partition coefficient (Wildman–Crippen LogP) is 4.22. The maximum atomic E-state index is 12.4. The van der Waals surface area contributed by atoms with Gasteiger partial charge >= 0.3 is 0 Å². The van der Waals surface area contributed by atoms with E-state index in [2.05, 4.69) is 35.6 Å². The number of rotatable bonds is 3. The van der Waals surface area contributed by atoms with Crippen molar-refractivity contribution in [1.82, 2.24) is 14.1 Å². The average molecular weight is 437 g/mol. The first-order chi connectivity index (χ1) is 15.5. The second-order valence-corrected chi connectivity index (χ2v) is 8.89. The topological polar surface area (TPSA) is 80.4 Å². The van der Waals surface area contributed by atoms with E-state index in [9.17, 15) is 4.79 Å². The Balaban J connectivity index is 0.000000775. The zero-order valence-corrected chi connectivity index (χ0v) is 18.9. The minimum absolute atomic E-state index is 0.0327. The van der Waals surface area contributed by atoms with E-state index in [0.29, 0.717) is 18.6 Å². The molecule has 0 bridgehead atoms. The molecule has 0 spiro atoms. The van der Waals surface area contributed by atoms with Gasteiger partial charge in [0.05, 0.1) is 17.6 Å². The number of nitrogens with zero attached hydrogens (tertiary/aromatic N) is 4. The molecule has 1 fully saturated rings. The van der Waals surface area contributed by atoms with E-state index in [0.717, 1.165) is 24.2 Å². The van der Waals surface area contributed by atoms with Crippen LogP contribution in [0.5, 0.6) is 0 Å². The first kappa shape index (κ1) is 22.1. The molecule has 1 aliphatic carbocycles. The molecule has 7 heteroatoms. The molecule has 7 nitrogen and oxygen atoms in total. The quantitative estimate of drug-likeness (QED) is 0.622. The Hall–Kier alpha value is -3.09. The Morgan fingerprint density at radius 3 is 2.59 bits per heavy atom. The van der Waals surface area contributed by atoms with Crippen LogP contribution >= 0.6 is 0 Å². The third-order valence-corrected chi connectivity index (χ3v) is 7.02. The third kappa shape index (κ3) is 4.16. The summed E-state index contributed by atoms with van der Waals surface area (Å²) in [5, 5.41) is 6.89. The van der Waals surface area contributed by atoms with Crippen LogP contribution in [0.25, 0.3) is 11.0 Å². The van der Waals surface area contributed by atoms with Crippen LogP contribution in [-0.4, -0.2) is 38.8 Å². The maximum absolute atomic E-state index is 12.4. The van der Waals surface area contributed by atoms with Gasteiger partial charge in [0.2, 0.25) is 0 Å². The number of fused-ring (bicyclic) bond motifs is 3. The van der Waals surface area contributed by atoms with Crippen molar-refractivity contribution in [3.05, 3.63) is 58.3 Å². The summed E-state index contributed by atoms with van der Waals surface area (Å²) in [6.07, 6.45) is 10.4. The van der Waals surface area contributed by atoms with Gasteiger partial charge in [0, 0.05) is 42.6 Å². The summed E-state index contributed by atoms with van der Waals surface area (Å²) in [7, 11) is 2.19. The van der Waals surface area contributed by atoms with E-state index in [-0.39, 0.29) is 12.0 Å². The number of imidazole rings is 1. The Morgan fingerprint density at radius 2 is 1.88 bits per heavy atom. The summed E-state index contributed by atoms with van der Waals surface area (Å²) in [4.78, 5) is 28.3. The Labute approximate surface area is 188 Å². The lowest BCUT2D eigenvalue weighted by molar-refractivity contribution is -0.122. The SMILES string of the molecule is CC1CCc2c(ccc3c2nc(Cn2ccccc2=O)n3C2CCCCC2)N1C.O=CO. The molecule has 0 radical (unpaired) electrons. The fourth-order valence-electron chi connectivity index (χ4n) is 5.22. The van der Waals surface area contributed by atoms with Crippen LogP contribution in [0.3, 0.4) is 0 Å². The molecule has 0 amide bonds. The number of hydrogen-bond acceptors (Lipinski definition) is 4. The van der Waals surface area contributed by atoms with E-state index in [1.807, 2.05) is 12.3 Å². The van der Waals surface area contributed by atoms with Gasteiger partial charge in [0.25, 0.3) is 12.0 Å². The summed E-state index contributed by atoms with van der Waals surface area (Å²) in [6.45, 7) is 2.58. The second-order valence-electron chi connectivity index (χ2n) is 8.89. The largest absolute Gasteiger partial charge is 0.483 e. The maximum Gasteiger partial charge on any atom is 0.290 e. The highest BCUT2D eigenvalue weighted by atomic mass is 16.3. The first-order valence-electron chi connectivity index (χ1n) is 11.5. The lowest BCUT2D eigenvalue weighted by atomic mass is 9.94. The van der Waals surface area contributed by atoms with Crippen molar-refractivity contribution in [2.75, 3.05) is 11.9 Å². The zero-order chi connectivity index (χ0) is 22.7. The average Bonchev–Trinajstić information content (AvgIpc) is 3.17. The van der Waals surface area contributed by atoms with Crippen molar-refractivity contribution in [3.8, 4) is 0 Å². The van der Waals surface area contributed by atoms with Crippen molar-refractivity contribution in [3.63, 3.8) is 0 Å². The van der Waals surface area contributed by atoms with Crippen molar-refractivity contribution in [2.45, 2.75) is 70.5 Å². The van der Waals surface area contributed by atoms with Crippen LogP contribution in [0, 0.1) is 0 Å². The van der Waals surface area contributed by atoms with E-state index in [1.165, 1.54) is 48.9 Å². The van der Waals surface area contributed by atoms with Gasteiger partial charge < -0.3 is 19.1 Å². The molecular formula is C25H32N4O3. The number of aryl methyl sites for hydroxylation is 1. The molecule has 2 aromatic heterocycles. The van der Waals surface area contributed by atoms with Gasteiger partial charge in [-0.3, -0.25) is 9.59 Å². The summed E-state index contributed by atoms with van der Waals surface area (Å²) in [5.74, 6) is 1.02. The molecule has 32 heavy (non-hydrogen) atoms. The number of hydrogen-bond donors (Lipinski definition) is 1. The number of pyridine rings is 1. The number of aromatic nitrogens is 3. The summed E-state index contributed by atoms with van der Waals surface area (Å²) >= 11 is 0. The lowest BCUT2D eigenvalue weighted by Gasteiger charge is -2.34. The van der Waals surface area contributed by atoms with E-state index >= 15 is 0 Å². The Morgan fingerprint density at radius 1 is 1.12 bits per heavy atom. The Kier molecular flexibility index (Phi) is 6.63. The molecular weight excluding hydrogens is 404 g/mol. The lowest BCUT2D eigenvalue weighted by Crippen LogP contribution is -2.33. The second kappa shape index (κ2) is 9.59. The van der Waals surface area contributed by atoms with E-state index in [1.54, 1.807) is 16.7 Å². The van der Waals surface area contributed by atoms with Crippen molar-refractivity contribution >= 4 is 23.2 Å². The molecule has 1 N–H and O–H groups in total. The highest BCUT2D eigenvalue weighted by Crippen LogP contribution is 2.38. The molecule has 170 valence electrons. The number of carbonyl (C=O) groups is 1. The van der Waals surface area contributed by atoms with Crippen LogP contribution in [0.4, 0.5) is 5.69 Å². The molecule has 3 aromatic rings. The minimum Gasteiger partial charge on any atom is -0.483 e. The molecule has 1 saturated carbocycles. The number of carboxylic acid groups (broad SMARTS) is 1. The summed E-state index contributed by atoms with van der Waals surface area (Å²) in [6, 6.07) is 11.0. The van der Waals surface area contributed by atoms with Crippen molar-refractivity contribution < 1.29 is 9.90 Å². The third-order valence-electron chi connectivity index (χ3n) is 7.02. The van der Waals surface area contributed by atoms with Gasteiger partial charge in [-0.2, -0.15) is 0 Å². The van der Waals surface area contributed by atoms with Gasteiger partial charge in [-0.15, -0.1) is 0 Å². The minimum atomic E-state index is -0.250. The van der Waals surface area contributed by atoms with Gasteiger partial charge in [-0.1, -0.05) is 25.3 Å². The van der Waals surface area contributed by atoms with Gasteiger partial charge in [0.15, 0.2) is 0 Å². The molecule has 1 aromatic carbocycles. The molecule has 3 heterocycles. The zero-order valence-electron chi connectivity index (χ0n) is 18.9. The fraction of sp³-hybridized carbons (Fsp3) is 0.480. The van der Waals surface area contributed by atoms with Gasteiger partial charge in [-0.05, 0) is 50.8 Å². The van der Waals surface area contributed by atoms with Crippen LogP contribution < -0.4 is 10.5 Å². The molecule has 1 aliphatic heterocycles. The number of benzene rings is 1. The first-order valence-corrected chi connectivity index (χ1v) is 11.5. The molecule has 0 saturated heterocycles.